The summed E-state index contributed by atoms with van der Waals surface area (Å²) < 4.78 is 4.26. The molecule has 0 radical (unpaired) electrons. The van der Waals surface area contributed by atoms with Gasteiger partial charge >= 0.3 is 5.97 Å². The van der Waals surface area contributed by atoms with Crippen LogP contribution in [-0.2, 0) is 17.1 Å². The maximum Gasteiger partial charge on any atom is 0.356 e. The summed E-state index contributed by atoms with van der Waals surface area (Å²) in [6, 6.07) is 28.0. The zero-order chi connectivity index (χ0) is 22.2. The van der Waals surface area contributed by atoms with E-state index in [0.29, 0.717) is 5.56 Å². The van der Waals surface area contributed by atoms with E-state index < -0.39 is 5.97 Å². The molecule has 1 heterocycles. The van der Waals surface area contributed by atoms with Gasteiger partial charge in [-0.05, 0) is 48.1 Å². The summed E-state index contributed by atoms with van der Waals surface area (Å²) in [6.45, 7) is 0. The van der Waals surface area contributed by atoms with E-state index in [-0.39, 0.29) is 0 Å². The highest BCUT2D eigenvalue weighted by atomic mass is 35.5. The predicted octanol–water partition coefficient (Wildman–Crippen LogP) is 7.38. The van der Waals surface area contributed by atoms with E-state index in [4.69, 9.17) is 16.9 Å². The van der Waals surface area contributed by atoms with Crippen LogP contribution in [0.2, 0.25) is 0 Å². The average molecular weight is 460 g/mol. The van der Waals surface area contributed by atoms with E-state index in [1.54, 1.807) is 23.5 Å². The van der Waals surface area contributed by atoms with Gasteiger partial charge in [0.1, 0.15) is 16.9 Å². The lowest BCUT2D eigenvalue weighted by molar-refractivity contribution is 0.0751. The molecular weight excluding hydrogens is 438 g/mol. The Morgan fingerprint density at radius 1 is 0.906 bits per heavy atom. The third-order valence-electron chi connectivity index (χ3n) is 5.22. The van der Waals surface area contributed by atoms with Crippen LogP contribution in [0.25, 0.3) is 16.8 Å². The minimum Gasteiger partial charge on any atom is -0.343 e. The zero-order valence-corrected chi connectivity index (χ0v) is 19.0. The number of aryl methyl sites for hydroxylation is 1. The van der Waals surface area contributed by atoms with Gasteiger partial charge in [0.15, 0.2) is 0 Å². The summed E-state index contributed by atoms with van der Waals surface area (Å²) >= 11 is 6.84. The number of halogens is 1. The van der Waals surface area contributed by atoms with Crippen molar-refractivity contribution in [2.45, 2.75) is 19.3 Å². The highest BCUT2D eigenvalue weighted by molar-refractivity contribution is 7.11. The van der Waals surface area contributed by atoms with Crippen LogP contribution >= 0.6 is 23.2 Å². The van der Waals surface area contributed by atoms with Gasteiger partial charge in [-0.25, -0.2) is 9.78 Å². The summed E-state index contributed by atoms with van der Waals surface area (Å²) in [7, 11) is 0. The number of carbonyl (C=O) groups excluding carboxylic acids is 1. The van der Waals surface area contributed by atoms with Crippen molar-refractivity contribution in [3.8, 4) is 11.3 Å². The summed E-state index contributed by atoms with van der Waals surface area (Å²) in [4.78, 5) is 16.5. The minimum atomic E-state index is -0.548. The molecule has 5 heteroatoms. The molecule has 0 spiro atoms. The molecule has 0 N–H and O–H groups in total. The van der Waals surface area contributed by atoms with Gasteiger partial charge in [0, 0.05) is 10.9 Å². The van der Waals surface area contributed by atoms with Crippen molar-refractivity contribution >= 4 is 34.7 Å². The Morgan fingerprint density at radius 3 is 2.28 bits per heavy atom. The van der Waals surface area contributed by atoms with Crippen molar-refractivity contribution in [1.82, 2.24) is 4.98 Å². The Balaban J connectivity index is 1.56. The summed E-state index contributed by atoms with van der Waals surface area (Å²) in [5.41, 5.74) is 6.20. The maximum atomic E-state index is 11.5. The second-order valence-corrected chi connectivity index (χ2v) is 8.40. The van der Waals surface area contributed by atoms with E-state index in [1.165, 1.54) is 11.1 Å². The molecule has 32 heavy (non-hydrogen) atoms. The maximum absolute atomic E-state index is 11.5. The first kappa shape index (κ1) is 22.0. The van der Waals surface area contributed by atoms with Crippen LogP contribution in [0.1, 0.15) is 32.9 Å². The number of nitrogens with zero attached hydrogens (tertiary/aromatic N) is 1. The van der Waals surface area contributed by atoms with Crippen molar-refractivity contribution < 1.29 is 9.08 Å². The molecule has 0 aliphatic carbocycles. The minimum absolute atomic E-state index is 0.435. The first-order chi connectivity index (χ1) is 15.7. The molecule has 0 aliphatic heterocycles. The lowest BCUT2D eigenvalue weighted by Gasteiger charge is -2.06. The molecule has 0 aliphatic rings. The van der Waals surface area contributed by atoms with Gasteiger partial charge in [0.25, 0.3) is 0 Å². The van der Waals surface area contributed by atoms with Crippen molar-refractivity contribution in [2.24, 2.45) is 0 Å². The van der Waals surface area contributed by atoms with Gasteiger partial charge in [-0.1, -0.05) is 78.9 Å². The molecule has 3 aromatic carbocycles. The molecule has 4 rings (SSSR count). The van der Waals surface area contributed by atoms with Gasteiger partial charge in [-0.15, -0.1) is 11.3 Å². The van der Waals surface area contributed by atoms with Crippen molar-refractivity contribution in [2.75, 3.05) is 0 Å². The first-order valence-corrected chi connectivity index (χ1v) is 11.6. The Labute approximate surface area is 197 Å². The normalized spacial score (nSPS) is 11.3. The van der Waals surface area contributed by atoms with Crippen molar-refractivity contribution in [3.63, 3.8) is 0 Å². The first-order valence-electron chi connectivity index (χ1n) is 10.4. The molecule has 160 valence electrons. The van der Waals surface area contributed by atoms with Crippen molar-refractivity contribution in [1.29, 1.82) is 0 Å². The Hall–Kier alpha value is -3.21. The zero-order valence-electron chi connectivity index (χ0n) is 17.4. The van der Waals surface area contributed by atoms with Gasteiger partial charge in [0.05, 0.1) is 11.3 Å². The largest absolute Gasteiger partial charge is 0.356 e. The average Bonchev–Trinajstić information content (AvgIpc) is 3.35. The van der Waals surface area contributed by atoms with Crippen LogP contribution in [0.4, 0.5) is 0 Å². The van der Waals surface area contributed by atoms with Crippen LogP contribution in [-0.4, -0.2) is 11.0 Å². The van der Waals surface area contributed by atoms with E-state index in [9.17, 15) is 4.79 Å². The van der Waals surface area contributed by atoms with E-state index >= 15 is 0 Å². The Bertz CT molecular complexity index is 1190. The van der Waals surface area contributed by atoms with Crippen molar-refractivity contribution in [3.05, 3.63) is 118 Å². The van der Waals surface area contributed by atoms with Crippen LogP contribution < -0.4 is 0 Å². The highest BCUT2D eigenvalue weighted by Crippen LogP contribution is 2.29. The Kier molecular flexibility index (Phi) is 7.49. The van der Waals surface area contributed by atoms with Gasteiger partial charge in [-0.2, -0.15) is 0 Å². The summed E-state index contributed by atoms with van der Waals surface area (Å²) in [5, 5.41) is 3.16. The third-order valence-corrected chi connectivity index (χ3v) is 6.28. The number of carbonyl (C=O) groups is 1. The monoisotopic (exact) mass is 459 g/mol. The van der Waals surface area contributed by atoms with E-state index in [2.05, 4.69) is 52.1 Å². The quantitative estimate of drug-likeness (QED) is 0.276. The summed E-state index contributed by atoms with van der Waals surface area (Å²) in [5.74, 6) is -0.548. The Morgan fingerprint density at radius 2 is 1.59 bits per heavy atom. The van der Waals surface area contributed by atoms with Crippen LogP contribution in [0.5, 0.6) is 0 Å². The number of benzene rings is 3. The molecule has 1 aromatic heterocycles. The van der Waals surface area contributed by atoms with Gasteiger partial charge in [-0.3, -0.25) is 0 Å². The summed E-state index contributed by atoms with van der Waals surface area (Å²) in [6.07, 6.45) is 4.85. The molecule has 4 aromatic rings. The molecule has 0 saturated carbocycles. The second-order valence-electron chi connectivity index (χ2n) is 7.38. The number of hydrogen-bond acceptors (Lipinski definition) is 4. The number of hydrogen-bond donors (Lipinski definition) is 0. The van der Waals surface area contributed by atoms with Crippen LogP contribution in [0, 0.1) is 0 Å². The molecular formula is C27H22ClNO2S. The molecule has 0 fully saturated rings. The van der Waals surface area contributed by atoms with Crippen LogP contribution in [0.15, 0.2) is 96.4 Å². The molecule has 0 atom stereocenters. The highest BCUT2D eigenvalue weighted by Gasteiger charge is 2.10. The second kappa shape index (κ2) is 10.9. The van der Waals surface area contributed by atoms with Gasteiger partial charge in [0.2, 0.25) is 0 Å². The smallest absolute Gasteiger partial charge is 0.343 e. The third kappa shape index (κ3) is 5.72. The topological polar surface area (TPSA) is 39.2 Å². The SMILES string of the molecule is O=C(OCl)c1ccc(C/C=C(\CCc2ccccc2)c2nc(-c3ccccc3)cs2)cc1. The fraction of sp³-hybridized carbons (Fsp3) is 0.111. The number of thiazole rings is 1. The molecule has 0 amide bonds. The molecule has 3 nitrogen and oxygen atoms in total. The fourth-order valence-electron chi connectivity index (χ4n) is 3.45. The number of aromatic nitrogens is 1. The van der Waals surface area contributed by atoms with Crippen LogP contribution in [0.3, 0.4) is 0 Å². The van der Waals surface area contributed by atoms with E-state index in [0.717, 1.165) is 41.1 Å². The lowest BCUT2D eigenvalue weighted by atomic mass is 10.0. The standard InChI is InChI=1S/C27H22ClNO2S/c28-31-27(30)24-17-13-21(14-18-24)12-16-23(15-11-20-7-3-1-4-8-20)26-29-25(19-32-26)22-9-5-2-6-10-22/h1-10,13-14,16-19H,11-12,15H2/b23-16+. The fourth-order valence-corrected chi connectivity index (χ4v) is 4.43. The molecule has 0 unspecified atom stereocenters. The lowest BCUT2D eigenvalue weighted by Crippen LogP contribution is -1.98. The predicted molar refractivity (Wildman–Crippen MR) is 132 cm³/mol. The van der Waals surface area contributed by atoms with E-state index in [1.807, 2.05) is 36.4 Å². The molecule has 0 bridgehead atoms. The van der Waals surface area contributed by atoms with Gasteiger partial charge < -0.3 is 4.29 Å². The molecule has 0 saturated heterocycles. The number of allylic oxidation sites excluding steroid dienone is 2. The number of rotatable bonds is 8.